The molecule has 1 N–H and O–H groups in total. The summed E-state index contributed by atoms with van der Waals surface area (Å²) in [7, 11) is 2.76. The molecule has 0 aliphatic rings. The number of methoxy groups -OCH3 is 2. The SMILES string of the molecule is COc1nc(OC)nc(C(C)C(=O)O)n1. The number of nitrogens with zero attached hydrogens (tertiary/aromatic N) is 3. The van der Waals surface area contributed by atoms with Crippen molar-refractivity contribution in [1.82, 2.24) is 15.0 Å². The summed E-state index contributed by atoms with van der Waals surface area (Å²) in [6.45, 7) is 1.47. The zero-order chi connectivity index (χ0) is 11.4. The van der Waals surface area contributed by atoms with E-state index in [0.717, 1.165) is 0 Å². The van der Waals surface area contributed by atoms with Gasteiger partial charge in [-0.25, -0.2) is 0 Å². The van der Waals surface area contributed by atoms with Crippen LogP contribution in [-0.4, -0.2) is 40.2 Å². The third-order valence-corrected chi connectivity index (χ3v) is 1.73. The molecular weight excluding hydrogens is 202 g/mol. The van der Waals surface area contributed by atoms with Crippen LogP contribution in [0.5, 0.6) is 12.0 Å². The smallest absolute Gasteiger partial charge is 0.322 e. The molecule has 0 spiro atoms. The van der Waals surface area contributed by atoms with Crippen LogP contribution in [0.2, 0.25) is 0 Å². The number of hydrogen-bond donors (Lipinski definition) is 1. The molecule has 1 aromatic rings. The van der Waals surface area contributed by atoms with Crippen molar-refractivity contribution in [3.63, 3.8) is 0 Å². The van der Waals surface area contributed by atoms with Crippen LogP contribution in [0.15, 0.2) is 0 Å². The Balaban J connectivity index is 3.11. The van der Waals surface area contributed by atoms with E-state index in [-0.39, 0.29) is 17.8 Å². The van der Waals surface area contributed by atoms with Gasteiger partial charge in [-0.1, -0.05) is 0 Å². The maximum absolute atomic E-state index is 10.7. The molecule has 0 radical (unpaired) electrons. The van der Waals surface area contributed by atoms with Crippen LogP contribution >= 0.6 is 0 Å². The van der Waals surface area contributed by atoms with Gasteiger partial charge in [-0.2, -0.15) is 9.97 Å². The Hall–Kier alpha value is -1.92. The van der Waals surface area contributed by atoms with Gasteiger partial charge in [0.1, 0.15) is 5.92 Å². The molecule has 7 heteroatoms. The molecule has 0 amide bonds. The number of aromatic nitrogens is 3. The van der Waals surface area contributed by atoms with Crippen LogP contribution in [0, 0.1) is 0 Å². The lowest BCUT2D eigenvalue weighted by Crippen LogP contribution is -2.13. The standard InChI is InChI=1S/C8H11N3O4/c1-4(6(12)13)5-9-7(14-2)11-8(10-5)15-3/h4H,1-3H3,(H,12,13). The number of hydrogen-bond acceptors (Lipinski definition) is 6. The monoisotopic (exact) mass is 213 g/mol. The van der Waals surface area contributed by atoms with Crippen LogP contribution in [0.25, 0.3) is 0 Å². The van der Waals surface area contributed by atoms with Gasteiger partial charge in [0.15, 0.2) is 5.82 Å². The molecule has 0 saturated heterocycles. The first-order valence-electron chi connectivity index (χ1n) is 4.15. The lowest BCUT2D eigenvalue weighted by atomic mass is 10.2. The Morgan fingerprint density at radius 1 is 1.20 bits per heavy atom. The maximum atomic E-state index is 10.7. The van der Waals surface area contributed by atoms with E-state index in [2.05, 4.69) is 15.0 Å². The molecule has 0 aliphatic heterocycles. The minimum atomic E-state index is -1.02. The quantitative estimate of drug-likeness (QED) is 0.756. The predicted molar refractivity (Wildman–Crippen MR) is 49.0 cm³/mol. The van der Waals surface area contributed by atoms with Crippen LogP contribution in [0.1, 0.15) is 18.7 Å². The molecular formula is C8H11N3O4. The van der Waals surface area contributed by atoms with Crippen molar-refractivity contribution < 1.29 is 19.4 Å². The second kappa shape index (κ2) is 4.54. The highest BCUT2D eigenvalue weighted by Crippen LogP contribution is 2.16. The first kappa shape index (κ1) is 11.2. The van der Waals surface area contributed by atoms with Crippen molar-refractivity contribution in [3.05, 3.63) is 5.82 Å². The van der Waals surface area contributed by atoms with E-state index in [1.54, 1.807) is 0 Å². The van der Waals surface area contributed by atoms with Gasteiger partial charge in [0.25, 0.3) is 0 Å². The second-order valence-corrected chi connectivity index (χ2v) is 2.73. The van der Waals surface area contributed by atoms with E-state index in [1.165, 1.54) is 21.1 Å². The summed E-state index contributed by atoms with van der Waals surface area (Å²) in [4.78, 5) is 22.1. The predicted octanol–water partition coefficient (Wildman–Crippen LogP) is 0.0769. The molecule has 1 atom stereocenters. The molecule has 7 nitrogen and oxygen atoms in total. The number of carboxylic acids is 1. The van der Waals surface area contributed by atoms with E-state index in [0.29, 0.717) is 0 Å². The Kier molecular flexibility index (Phi) is 3.37. The Morgan fingerprint density at radius 3 is 2.00 bits per heavy atom. The fraction of sp³-hybridized carbons (Fsp3) is 0.500. The van der Waals surface area contributed by atoms with Gasteiger partial charge >= 0.3 is 18.0 Å². The highest BCUT2D eigenvalue weighted by Gasteiger charge is 2.19. The lowest BCUT2D eigenvalue weighted by Gasteiger charge is -2.07. The van der Waals surface area contributed by atoms with Gasteiger partial charge in [0.2, 0.25) is 0 Å². The fourth-order valence-electron chi connectivity index (χ4n) is 0.839. The highest BCUT2D eigenvalue weighted by atomic mass is 16.5. The van der Waals surface area contributed by atoms with E-state index in [9.17, 15) is 4.79 Å². The average Bonchev–Trinajstić information content (AvgIpc) is 2.27. The summed E-state index contributed by atoms with van der Waals surface area (Å²) >= 11 is 0. The summed E-state index contributed by atoms with van der Waals surface area (Å²) < 4.78 is 9.58. The van der Waals surface area contributed by atoms with Crippen LogP contribution in [-0.2, 0) is 4.79 Å². The molecule has 0 aromatic carbocycles. The molecule has 0 bridgehead atoms. The van der Waals surface area contributed by atoms with Crippen molar-refractivity contribution in [2.75, 3.05) is 14.2 Å². The molecule has 15 heavy (non-hydrogen) atoms. The van der Waals surface area contributed by atoms with Gasteiger partial charge in [-0.3, -0.25) is 4.79 Å². The maximum Gasteiger partial charge on any atom is 0.322 e. The highest BCUT2D eigenvalue weighted by molar-refractivity contribution is 5.74. The summed E-state index contributed by atoms with van der Waals surface area (Å²) in [5, 5.41) is 8.78. The number of aliphatic carboxylic acids is 1. The van der Waals surface area contributed by atoms with E-state index in [4.69, 9.17) is 14.6 Å². The van der Waals surface area contributed by atoms with Gasteiger partial charge in [0, 0.05) is 0 Å². The topological polar surface area (TPSA) is 94.4 Å². The van der Waals surface area contributed by atoms with Crippen molar-refractivity contribution in [3.8, 4) is 12.0 Å². The molecule has 1 rings (SSSR count). The number of carbonyl (C=O) groups is 1. The number of ether oxygens (including phenoxy) is 2. The largest absolute Gasteiger partial charge is 0.481 e. The van der Waals surface area contributed by atoms with Crippen molar-refractivity contribution in [2.24, 2.45) is 0 Å². The first-order chi connectivity index (χ1) is 7.08. The lowest BCUT2D eigenvalue weighted by molar-refractivity contribution is -0.138. The van der Waals surface area contributed by atoms with E-state index >= 15 is 0 Å². The van der Waals surface area contributed by atoms with Gasteiger partial charge in [-0.05, 0) is 6.92 Å². The summed E-state index contributed by atoms with van der Waals surface area (Å²) in [5.41, 5.74) is 0. The third kappa shape index (κ3) is 2.52. The van der Waals surface area contributed by atoms with Crippen LogP contribution < -0.4 is 9.47 Å². The zero-order valence-corrected chi connectivity index (χ0v) is 8.59. The molecule has 1 heterocycles. The fourth-order valence-corrected chi connectivity index (χ4v) is 0.839. The number of rotatable bonds is 4. The Bertz CT molecular complexity index is 347. The minimum Gasteiger partial charge on any atom is -0.481 e. The van der Waals surface area contributed by atoms with Crippen molar-refractivity contribution >= 4 is 5.97 Å². The van der Waals surface area contributed by atoms with Crippen molar-refractivity contribution in [2.45, 2.75) is 12.8 Å². The van der Waals surface area contributed by atoms with Crippen LogP contribution in [0.3, 0.4) is 0 Å². The van der Waals surface area contributed by atoms with Gasteiger partial charge in [0.05, 0.1) is 14.2 Å². The zero-order valence-electron chi connectivity index (χ0n) is 8.59. The van der Waals surface area contributed by atoms with E-state index < -0.39 is 11.9 Å². The molecule has 1 aromatic heterocycles. The van der Waals surface area contributed by atoms with Crippen LogP contribution in [0.4, 0.5) is 0 Å². The second-order valence-electron chi connectivity index (χ2n) is 2.73. The van der Waals surface area contributed by atoms with Gasteiger partial charge in [-0.15, -0.1) is 4.98 Å². The minimum absolute atomic E-state index is 0.0324. The first-order valence-corrected chi connectivity index (χ1v) is 4.15. The van der Waals surface area contributed by atoms with Crippen molar-refractivity contribution in [1.29, 1.82) is 0 Å². The third-order valence-electron chi connectivity index (χ3n) is 1.73. The molecule has 0 saturated carbocycles. The normalized spacial score (nSPS) is 11.9. The van der Waals surface area contributed by atoms with Gasteiger partial charge < -0.3 is 14.6 Å². The van der Waals surface area contributed by atoms with E-state index in [1.807, 2.05) is 0 Å². The summed E-state index contributed by atoms with van der Waals surface area (Å²) in [6.07, 6.45) is 0. The molecule has 82 valence electrons. The molecule has 0 fully saturated rings. The summed E-state index contributed by atoms with van der Waals surface area (Å²) in [5.74, 6) is -1.76. The summed E-state index contributed by atoms with van der Waals surface area (Å²) in [6, 6.07) is 0.0647. The molecule has 1 unspecified atom stereocenters. The Morgan fingerprint density at radius 2 is 1.67 bits per heavy atom. The molecule has 0 aliphatic carbocycles. The Labute approximate surface area is 86.1 Å². The average molecular weight is 213 g/mol. The number of carboxylic acid groups (broad SMARTS) is 1.